The summed E-state index contributed by atoms with van der Waals surface area (Å²) in [5.74, 6) is 0.164. The van der Waals surface area contributed by atoms with Gasteiger partial charge >= 0.3 is 0 Å². The molecule has 4 rings (SSSR count). The van der Waals surface area contributed by atoms with Gasteiger partial charge in [0.15, 0.2) is 0 Å². The second-order valence-corrected chi connectivity index (χ2v) is 8.74. The van der Waals surface area contributed by atoms with Crippen LogP contribution in [0.3, 0.4) is 0 Å². The van der Waals surface area contributed by atoms with Gasteiger partial charge in [0.2, 0.25) is 5.91 Å². The number of aliphatic hydroxyl groups is 1. The van der Waals surface area contributed by atoms with Gasteiger partial charge in [-0.05, 0) is 55.5 Å². The van der Waals surface area contributed by atoms with Crippen molar-refractivity contribution in [3.63, 3.8) is 0 Å². The molecule has 1 aromatic carbocycles. The predicted octanol–water partition coefficient (Wildman–Crippen LogP) is 2.41. The van der Waals surface area contributed by atoms with Crippen molar-refractivity contribution in [2.24, 2.45) is 0 Å². The van der Waals surface area contributed by atoms with Gasteiger partial charge in [-0.25, -0.2) is 0 Å². The maximum atomic E-state index is 12.5. The van der Waals surface area contributed by atoms with Crippen molar-refractivity contribution < 1.29 is 9.90 Å². The second-order valence-electron chi connectivity index (χ2n) is 8.74. The molecular weight excluding hydrogens is 388 g/mol. The number of nitrogens with zero attached hydrogens (tertiary/aromatic N) is 3. The number of carbonyl (C=O) groups is 1. The van der Waals surface area contributed by atoms with E-state index in [9.17, 15) is 9.90 Å². The van der Waals surface area contributed by atoms with E-state index in [0.717, 1.165) is 50.2 Å². The Morgan fingerprint density at radius 1 is 1.00 bits per heavy atom. The molecule has 0 atom stereocenters. The lowest BCUT2D eigenvalue weighted by Crippen LogP contribution is -2.43. The van der Waals surface area contributed by atoms with Gasteiger partial charge < -0.3 is 20.2 Å². The first-order valence-corrected chi connectivity index (χ1v) is 11.6. The number of hydrogen-bond donors (Lipinski definition) is 2. The zero-order valence-electron chi connectivity index (χ0n) is 18.2. The molecule has 2 aliphatic rings. The number of carbonyl (C=O) groups excluding carboxylic acids is 1. The van der Waals surface area contributed by atoms with Crippen LogP contribution in [0.25, 0.3) is 0 Å². The molecule has 2 N–H and O–H groups in total. The van der Waals surface area contributed by atoms with Crippen LogP contribution in [0.4, 0.5) is 5.69 Å². The highest BCUT2D eigenvalue weighted by molar-refractivity contribution is 5.79. The van der Waals surface area contributed by atoms with Crippen molar-refractivity contribution in [2.75, 3.05) is 37.6 Å². The van der Waals surface area contributed by atoms with E-state index in [-0.39, 0.29) is 12.0 Å². The molecule has 2 aliphatic heterocycles. The summed E-state index contributed by atoms with van der Waals surface area (Å²) in [7, 11) is 0. The van der Waals surface area contributed by atoms with Crippen LogP contribution >= 0.6 is 0 Å². The SMILES string of the molecule is O=C(Cc1ccc(N2CCC(NCCc3ccccn3)CC2)cc1)N1CCC(O)CC1. The van der Waals surface area contributed by atoms with Gasteiger partial charge in [0, 0.05) is 62.8 Å². The van der Waals surface area contributed by atoms with Crippen LogP contribution in [0, 0.1) is 0 Å². The molecule has 6 nitrogen and oxygen atoms in total. The lowest BCUT2D eigenvalue weighted by Gasteiger charge is -2.34. The van der Waals surface area contributed by atoms with Gasteiger partial charge in [-0.2, -0.15) is 0 Å². The minimum Gasteiger partial charge on any atom is -0.393 e. The number of hydrogen-bond acceptors (Lipinski definition) is 5. The lowest BCUT2D eigenvalue weighted by molar-refractivity contribution is -0.132. The number of benzene rings is 1. The van der Waals surface area contributed by atoms with E-state index in [4.69, 9.17) is 0 Å². The smallest absolute Gasteiger partial charge is 0.226 e. The Labute approximate surface area is 185 Å². The molecule has 0 bridgehead atoms. The summed E-state index contributed by atoms with van der Waals surface area (Å²) in [4.78, 5) is 21.2. The van der Waals surface area contributed by atoms with Gasteiger partial charge in [0.25, 0.3) is 0 Å². The van der Waals surface area contributed by atoms with Crippen molar-refractivity contribution >= 4 is 11.6 Å². The number of likely N-dealkylation sites (tertiary alicyclic amines) is 1. The second kappa shape index (κ2) is 10.7. The fourth-order valence-corrected chi connectivity index (χ4v) is 4.52. The average molecular weight is 423 g/mol. The normalized spacial score (nSPS) is 18.4. The van der Waals surface area contributed by atoms with E-state index in [1.54, 1.807) is 0 Å². The molecule has 0 unspecified atom stereocenters. The topological polar surface area (TPSA) is 68.7 Å². The van der Waals surface area contributed by atoms with E-state index in [0.29, 0.717) is 38.4 Å². The first-order chi connectivity index (χ1) is 15.2. The third-order valence-corrected chi connectivity index (χ3v) is 6.51. The van der Waals surface area contributed by atoms with Crippen LogP contribution in [-0.2, 0) is 17.6 Å². The molecule has 0 saturated carbocycles. The molecule has 6 heteroatoms. The fourth-order valence-electron chi connectivity index (χ4n) is 4.52. The van der Waals surface area contributed by atoms with Gasteiger partial charge in [-0.15, -0.1) is 0 Å². The van der Waals surface area contributed by atoms with Crippen molar-refractivity contribution in [3.8, 4) is 0 Å². The zero-order valence-corrected chi connectivity index (χ0v) is 18.2. The van der Waals surface area contributed by atoms with E-state index >= 15 is 0 Å². The molecule has 1 amide bonds. The minimum absolute atomic E-state index is 0.164. The Balaban J connectivity index is 1.19. The number of aromatic nitrogens is 1. The molecule has 0 radical (unpaired) electrons. The highest BCUT2D eigenvalue weighted by atomic mass is 16.3. The Morgan fingerprint density at radius 2 is 1.74 bits per heavy atom. The standard InChI is InChI=1S/C25H34N4O2/c30-24-11-17-29(18-12-24)25(31)19-20-4-6-23(7-5-20)28-15-9-22(10-16-28)27-14-8-21-3-1-2-13-26-21/h1-7,13,22,24,27,30H,8-12,14-19H2. The molecule has 31 heavy (non-hydrogen) atoms. The third-order valence-electron chi connectivity index (χ3n) is 6.51. The lowest BCUT2D eigenvalue weighted by atomic mass is 10.0. The van der Waals surface area contributed by atoms with Crippen molar-refractivity contribution in [1.82, 2.24) is 15.2 Å². The van der Waals surface area contributed by atoms with Gasteiger partial charge in [0.1, 0.15) is 0 Å². The summed E-state index contributed by atoms with van der Waals surface area (Å²) >= 11 is 0. The number of anilines is 1. The number of pyridine rings is 1. The summed E-state index contributed by atoms with van der Waals surface area (Å²) in [6.45, 7) is 4.41. The van der Waals surface area contributed by atoms with E-state index in [1.165, 1.54) is 5.69 Å². The van der Waals surface area contributed by atoms with Gasteiger partial charge in [-0.3, -0.25) is 9.78 Å². The summed E-state index contributed by atoms with van der Waals surface area (Å²) in [6.07, 6.45) is 6.69. The number of piperidine rings is 2. The highest BCUT2D eigenvalue weighted by Crippen LogP contribution is 2.21. The number of rotatable bonds is 7. The predicted molar refractivity (Wildman–Crippen MR) is 123 cm³/mol. The monoisotopic (exact) mass is 422 g/mol. The highest BCUT2D eigenvalue weighted by Gasteiger charge is 2.22. The van der Waals surface area contributed by atoms with Gasteiger partial charge in [0.05, 0.1) is 12.5 Å². The third kappa shape index (κ3) is 6.28. The zero-order chi connectivity index (χ0) is 21.5. The molecule has 3 heterocycles. The molecule has 166 valence electrons. The largest absolute Gasteiger partial charge is 0.393 e. The summed E-state index contributed by atoms with van der Waals surface area (Å²) in [6, 6.07) is 15.1. The van der Waals surface area contributed by atoms with Crippen molar-refractivity contribution in [2.45, 2.75) is 50.7 Å². The summed E-state index contributed by atoms with van der Waals surface area (Å²) < 4.78 is 0. The quantitative estimate of drug-likeness (QED) is 0.717. The first kappa shape index (κ1) is 21.8. The molecule has 1 aromatic heterocycles. The molecule has 2 fully saturated rings. The first-order valence-electron chi connectivity index (χ1n) is 11.6. The van der Waals surface area contributed by atoms with Crippen LogP contribution < -0.4 is 10.2 Å². The Hall–Kier alpha value is -2.44. The van der Waals surface area contributed by atoms with Gasteiger partial charge in [-0.1, -0.05) is 18.2 Å². The molecule has 0 aliphatic carbocycles. The van der Waals surface area contributed by atoms with Crippen molar-refractivity contribution in [1.29, 1.82) is 0 Å². The molecule has 2 saturated heterocycles. The average Bonchev–Trinajstić information content (AvgIpc) is 2.81. The molecular formula is C25H34N4O2. The van der Waals surface area contributed by atoms with E-state index in [2.05, 4.69) is 45.5 Å². The Kier molecular flexibility index (Phi) is 7.54. The maximum absolute atomic E-state index is 12.5. The van der Waals surface area contributed by atoms with E-state index < -0.39 is 0 Å². The van der Waals surface area contributed by atoms with E-state index in [1.807, 2.05) is 23.2 Å². The van der Waals surface area contributed by atoms with Crippen molar-refractivity contribution in [3.05, 3.63) is 59.9 Å². The number of amides is 1. The maximum Gasteiger partial charge on any atom is 0.226 e. The summed E-state index contributed by atoms with van der Waals surface area (Å²) in [5.41, 5.74) is 3.44. The number of aliphatic hydroxyl groups excluding tert-OH is 1. The Bertz CT molecular complexity index is 811. The molecule has 2 aromatic rings. The minimum atomic E-state index is -0.247. The number of nitrogens with one attached hydrogen (secondary N) is 1. The van der Waals surface area contributed by atoms with Crippen LogP contribution in [0.5, 0.6) is 0 Å². The van der Waals surface area contributed by atoms with Crippen LogP contribution in [0.2, 0.25) is 0 Å². The van der Waals surface area contributed by atoms with Crippen LogP contribution in [0.1, 0.15) is 36.9 Å². The summed E-state index contributed by atoms with van der Waals surface area (Å²) in [5, 5.41) is 13.3. The Morgan fingerprint density at radius 3 is 2.42 bits per heavy atom. The van der Waals surface area contributed by atoms with Crippen LogP contribution in [0.15, 0.2) is 48.7 Å². The molecule has 0 spiro atoms. The fraction of sp³-hybridized carbons (Fsp3) is 0.520. The van der Waals surface area contributed by atoms with Crippen LogP contribution in [-0.4, -0.2) is 65.8 Å².